The van der Waals surface area contributed by atoms with E-state index in [0.29, 0.717) is 6.54 Å². The van der Waals surface area contributed by atoms with Gasteiger partial charge in [0.05, 0.1) is 0 Å². The number of hydrogen-bond donors (Lipinski definition) is 2. The third-order valence-electron chi connectivity index (χ3n) is 1.99. The van der Waals surface area contributed by atoms with Gasteiger partial charge >= 0.3 is 6.03 Å². The normalized spacial score (nSPS) is 10.9. The maximum Gasteiger partial charge on any atom is 0.328 e. The Labute approximate surface area is 100 Å². The van der Waals surface area contributed by atoms with Gasteiger partial charge in [-0.2, -0.15) is 0 Å². The van der Waals surface area contributed by atoms with Crippen molar-refractivity contribution in [3.8, 4) is 0 Å². The topological polar surface area (TPSA) is 88.2 Å². The van der Waals surface area contributed by atoms with Crippen molar-refractivity contribution in [1.29, 1.82) is 0 Å². The highest BCUT2D eigenvalue weighted by atomic mass is 32.2. The van der Waals surface area contributed by atoms with Crippen molar-refractivity contribution in [3.63, 3.8) is 0 Å². The van der Waals surface area contributed by atoms with Crippen molar-refractivity contribution in [3.05, 3.63) is 24.5 Å². The van der Waals surface area contributed by atoms with Gasteiger partial charge in [0, 0.05) is 18.9 Å². The Hall–Kier alpha value is -1.63. The summed E-state index contributed by atoms with van der Waals surface area (Å²) < 4.78 is 25.2. The molecule has 0 atom stereocenters. The summed E-state index contributed by atoms with van der Waals surface area (Å²) in [4.78, 5) is 14.9. The molecule has 0 unspecified atom stereocenters. The Morgan fingerprint density at radius 2 is 2.24 bits per heavy atom. The fourth-order valence-corrected chi connectivity index (χ4v) is 1.99. The minimum Gasteiger partial charge on any atom is -0.337 e. The second-order valence-corrected chi connectivity index (χ2v) is 5.09. The predicted molar refractivity (Wildman–Crippen MR) is 62.9 cm³/mol. The molecule has 1 aromatic rings. The number of amides is 2. The molecule has 0 aliphatic carbocycles. The van der Waals surface area contributed by atoms with Gasteiger partial charge in [-0.05, 0) is 18.6 Å². The van der Waals surface area contributed by atoms with E-state index in [2.05, 4.69) is 10.3 Å². The third kappa shape index (κ3) is 4.39. The van der Waals surface area contributed by atoms with Crippen LogP contribution in [0.2, 0.25) is 0 Å². The minimum atomic E-state index is -3.82. The summed E-state index contributed by atoms with van der Waals surface area (Å²) in [6.45, 7) is 2.43. The predicted octanol–water partition coefficient (Wildman–Crippen LogP) is 0.870. The number of unbranched alkanes of at least 4 members (excludes halogenated alkanes) is 1. The van der Waals surface area contributed by atoms with Gasteiger partial charge in [0.2, 0.25) is 0 Å². The van der Waals surface area contributed by atoms with Crippen LogP contribution in [0.5, 0.6) is 0 Å². The number of rotatable bonds is 5. The lowest BCUT2D eigenvalue weighted by Crippen LogP contribution is -2.39. The van der Waals surface area contributed by atoms with Crippen molar-refractivity contribution < 1.29 is 13.2 Å². The molecule has 17 heavy (non-hydrogen) atoms. The molecule has 2 N–H and O–H groups in total. The Bertz CT molecular complexity index is 459. The number of nitrogens with one attached hydrogen (secondary N) is 2. The zero-order valence-electron chi connectivity index (χ0n) is 9.51. The smallest absolute Gasteiger partial charge is 0.328 e. The summed E-state index contributed by atoms with van der Waals surface area (Å²) in [6.07, 6.45) is 4.37. The standard InChI is InChI=1S/C10H15N3O3S/c1-2-3-7-12-10(14)13-17(15,16)9-5-4-6-11-8-9/h4-6,8H,2-3,7H2,1H3,(H2,12,13,14). The molecule has 94 valence electrons. The monoisotopic (exact) mass is 257 g/mol. The van der Waals surface area contributed by atoms with Gasteiger partial charge in [0.15, 0.2) is 0 Å². The molecule has 1 heterocycles. The molecule has 0 radical (unpaired) electrons. The van der Waals surface area contributed by atoms with Crippen molar-refractivity contribution in [2.24, 2.45) is 0 Å². The molecule has 7 heteroatoms. The van der Waals surface area contributed by atoms with Crippen molar-refractivity contribution in [1.82, 2.24) is 15.0 Å². The molecule has 0 aliphatic rings. The van der Waals surface area contributed by atoms with Crippen LogP contribution in [0.4, 0.5) is 4.79 Å². The first-order valence-corrected chi connectivity index (χ1v) is 6.75. The van der Waals surface area contributed by atoms with Gasteiger partial charge in [-0.25, -0.2) is 17.9 Å². The number of pyridine rings is 1. The zero-order valence-corrected chi connectivity index (χ0v) is 10.3. The molecule has 0 saturated carbocycles. The molecule has 0 saturated heterocycles. The zero-order chi connectivity index (χ0) is 12.7. The Morgan fingerprint density at radius 3 is 2.82 bits per heavy atom. The summed E-state index contributed by atoms with van der Waals surface area (Å²) in [5, 5.41) is 2.46. The second kappa shape index (κ2) is 6.19. The van der Waals surface area contributed by atoms with Gasteiger partial charge < -0.3 is 5.32 Å². The molecule has 0 spiro atoms. The highest BCUT2D eigenvalue weighted by Gasteiger charge is 2.16. The quantitative estimate of drug-likeness (QED) is 0.766. The van der Waals surface area contributed by atoms with E-state index in [1.165, 1.54) is 24.5 Å². The maximum absolute atomic E-state index is 11.7. The Kier molecular flexibility index (Phi) is 4.89. The van der Waals surface area contributed by atoms with E-state index in [0.717, 1.165) is 12.8 Å². The van der Waals surface area contributed by atoms with Gasteiger partial charge in [0.1, 0.15) is 4.90 Å². The van der Waals surface area contributed by atoms with Crippen LogP contribution in [0.25, 0.3) is 0 Å². The molecule has 0 bridgehead atoms. The lowest BCUT2D eigenvalue weighted by atomic mass is 10.3. The lowest BCUT2D eigenvalue weighted by Gasteiger charge is -2.07. The van der Waals surface area contributed by atoms with E-state index in [-0.39, 0.29) is 4.90 Å². The van der Waals surface area contributed by atoms with E-state index in [4.69, 9.17) is 0 Å². The van der Waals surface area contributed by atoms with Crippen LogP contribution >= 0.6 is 0 Å². The van der Waals surface area contributed by atoms with Crippen LogP contribution in [0.15, 0.2) is 29.4 Å². The third-order valence-corrected chi connectivity index (χ3v) is 3.30. The van der Waals surface area contributed by atoms with Crippen LogP contribution in [-0.2, 0) is 10.0 Å². The highest BCUT2D eigenvalue weighted by molar-refractivity contribution is 7.90. The summed E-state index contributed by atoms with van der Waals surface area (Å²) in [7, 11) is -3.82. The van der Waals surface area contributed by atoms with Crippen molar-refractivity contribution in [2.75, 3.05) is 6.54 Å². The highest BCUT2D eigenvalue weighted by Crippen LogP contribution is 2.04. The first-order valence-electron chi connectivity index (χ1n) is 5.27. The number of sulfonamides is 1. The fourth-order valence-electron chi connectivity index (χ4n) is 1.10. The van der Waals surface area contributed by atoms with Crippen LogP contribution in [0, 0.1) is 0 Å². The molecule has 1 aromatic heterocycles. The Balaban J connectivity index is 2.59. The average Bonchev–Trinajstić information content (AvgIpc) is 2.30. The number of carbonyl (C=O) groups excluding carboxylic acids is 1. The number of aromatic nitrogens is 1. The fraction of sp³-hybridized carbons (Fsp3) is 0.400. The van der Waals surface area contributed by atoms with E-state index in [9.17, 15) is 13.2 Å². The molecule has 0 fully saturated rings. The number of nitrogens with zero attached hydrogens (tertiary/aromatic N) is 1. The van der Waals surface area contributed by atoms with Crippen LogP contribution in [0.3, 0.4) is 0 Å². The number of carbonyl (C=O) groups is 1. The van der Waals surface area contributed by atoms with Crippen LogP contribution in [-0.4, -0.2) is 26.0 Å². The molecular formula is C10H15N3O3S. The van der Waals surface area contributed by atoms with Gasteiger partial charge in [-0.1, -0.05) is 13.3 Å². The van der Waals surface area contributed by atoms with E-state index in [1.807, 2.05) is 11.6 Å². The van der Waals surface area contributed by atoms with Gasteiger partial charge in [-0.15, -0.1) is 0 Å². The van der Waals surface area contributed by atoms with Gasteiger partial charge in [0.25, 0.3) is 10.0 Å². The largest absolute Gasteiger partial charge is 0.337 e. The summed E-state index contributed by atoms with van der Waals surface area (Å²) in [5.41, 5.74) is 0. The molecule has 0 aliphatic heterocycles. The van der Waals surface area contributed by atoms with E-state index >= 15 is 0 Å². The molecular weight excluding hydrogens is 242 g/mol. The summed E-state index contributed by atoms with van der Waals surface area (Å²) >= 11 is 0. The number of hydrogen-bond acceptors (Lipinski definition) is 4. The summed E-state index contributed by atoms with van der Waals surface area (Å²) in [6, 6.07) is 2.14. The van der Waals surface area contributed by atoms with Gasteiger partial charge in [-0.3, -0.25) is 4.98 Å². The average molecular weight is 257 g/mol. The SMILES string of the molecule is CCCCNC(=O)NS(=O)(=O)c1cccnc1. The van der Waals surface area contributed by atoms with Crippen LogP contribution < -0.4 is 10.0 Å². The van der Waals surface area contributed by atoms with Crippen LogP contribution in [0.1, 0.15) is 19.8 Å². The molecule has 6 nitrogen and oxygen atoms in total. The summed E-state index contributed by atoms with van der Waals surface area (Å²) in [5.74, 6) is 0. The lowest BCUT2D eigenvalue weighted by molar-refractivity contribution is 0.245. The first-order chi connectivity index (χ1) is 8.06. The molecule has 0 aromatic carbocycles. The van der Waals surface area contributed by atoms with Crippen molar-refractivity contribution >= 4 is 16.1 Å². The maximum atomic E-state index is 11.7. The molecule has 1 rings (SSSR count). The Morgan fingerprint density at radius 1 is 1.47 bits per heavy atom. The minimum absolute atomic E-state index is 0.0364. The van der Waals surface area contributed by atoms with E-state index in [1.54, 1.807) is 0 Å². The molecule has 2 amide bonds. The second-order valence-electron chi connectivity index (χ2n) is 3.40. The number of urea groups is 1. The van der Waals surface area contributed by atoms with E-state index < -0.39 is 16.1 Å². The first kappa shape index (κ1) is 13.4. The van der Waals surface area contributed by atoms with Crippen molar-refractivity contribution in [2.45, 2.75) is 24.7 Å².